The van der Waals surface area contributed by atoms with E-state index in [0.29, 0.717) is 5.95 Å². The van der Waals surface area contributed by atoms with Crippen LogP contribution in [0.2, 0.25) is 0 Å². The molecular weight excluding hydrogens is 362 g/mol. The Balaban J connectivity index is 1.34. The molecule has 3 heterocycles. The summed E-state index contributed by atoms with van der Waals surface area (Å²) in [4.78, 5) is 18.3. The Bertz CT molecular complexity index is 1110. The highest BCUT2D eigenvalue weighted by Gasteiger charge is 2.14. The van der Waals surface area contributed by atoms with Gasteiger partial charge in [-0.15, -0.1) is 0 Å². The summed E-state index contributed by atoms with van der Waals surface area (Å²) in [5.41, 5.74) is 4.19. The number of aromatic nitrogens is 4. The van der Waals surface area contributed by atoms with Crippen LogP contribution in [-0.2, 0) is 0 Å². The zero-order valence-electron chi connectivity index (χ0n) is 16.4. The average molecular weight is 385 g/mol. The molecule has 1 aliphatic heterocycles. The molecule has 1 N–H and O–H groups in total. The summed E-state index contributed by atoms with van der Waals surface area (Å²) in [7, 11) is 2.17. The lowest BCUT2D eigenvalue weighted by atomic mass is 10.2. The maximum absolute atomic E-state index is 4.67. The Labute approximate surface area is 169 Å². The van der Waals surface area contributed by atoms with Crippen LogP contribution in [0.15, 0.2) is 67.1 Å². The SMILES string of the molecule is CN1CCN(c2ccc(Nc3nccc(-n4cnc5ccccc54)n3)cc2)CC1. The average Bonchev–Trinajstić information content (AvgIpc) is 3.19. The Hall–Kier alpha value is -3.45. The number of hydrogen-bond donors (Lipinski definition) is 1. The molecule has 0 unspecified atom stereocenters. The van der Waals surface area contributed by atoms with Crippen LogP contribution in [0.5, 0.6) is 0 Å². The van der Waals surface area contributed by atoms with Crippen molar-refractivity contribution in [2.24, 2.45) is 0 Å². The number of rotatable bonds is 4. The first-order valence-electron chi connectivity index (χ1n) is 9.82. The van der Waals surface area contributed by atoms with Gasteiger partial charge >= 0.3 is 0 Å². The fourth-order valence-corrected chi connectivity index (χ4v) is 3.63. The first kappa shape index (κ1) is 17.6. The van der Waals surface area contributed by atoms with Gasteiger partial charge in [0, 0.05) is 43.8 Å². The molecule has 0 radical (unpaired) electrons. The van der Waals surface area contributed by atoms with E-state index in [2.05, 4.69) is 61.4 Å². The third kappa shape index (κ3) is 3.64. The molecule has 7 heteroatoms. The van der Waals surface area contributed by atoms with Gasteiger partial charge in [0.2, 0.25) is 5.95 Å². The minimum absolute atomic E-state index is 0.563. The molecule has 0 bridgehead atoms. The highest BCUT2D eigenvalue weighted by atomic mass is 15.2. The molecule has 0 atom stereocenters. The molecule has 0 amide bonds. The van der Waals surface area contributed by atoms with Crippen LogP contribution in [0.25, 0.3) is 16.9 Å². The van der Waals surface area contributed by atoms with Crippen molar-refractivity contribution in [2.75, 3.05) is 43.4 Å². The monoisotopic (exact) mass is 385 g/mol. The molecule has 1 saturated heterocycles. The fraction of sp³-hybridized carbons (Fsp3) is 0.227. The lowest BCUT2D eigenvalue weighted by Gasteiger charge is -2.34. The Morgan fingerprint density at radius 1 is 0.862 bits per heavy atom. The van der Waals surface area contributed by atoms with Crippen molar-refractivity contribution >= 4 is 28.4 Å². The predicted octanol–water partition coefficient (Wildman–Crippen LogP) is 3.31. The second-order valence-corrected chi connectivity index (χ2v) is 7.30. The number of nitrogens with one attached hydrogen (secondary N) is 1. The molecule has 29 heavy (non-hydrogen) atoms. The molecule has 2 aromatic heterocycles. The topological polar surface area (TPSA) is 62.1 Å². The van der Waals surface area contributed by atoms with Crippen molar-refractivity contribution in [3.63, 3.8) is 0 Å². The first-order chi connectivity index (χ1) is 14.3. The molecule has 0 saturated carbocycles. The number of imidazole rings is 1. The van der Waals surface area contributed by atoms with E-state index in [-0.39, 0.29) is 0 Å². The number of anilines is 3. The van der Waals surface area contributed by atoms with Gasteiger partial charge < -0.3 is 15.1 Å². The highest BCUT2D eigenvalue weighted by Crippen LogP contribution is 2.22. The zero-order chi connectivity index (χ0) is 19.6. The second-order valence-electron chi connectivity index (χ2n) is 7.30. The van der Waals surface area contributed by atoms with E-state index in [9.17, 15) is 0 Å². The van der Waals surface area contributed by atoms with Crippen LogP contribution < -0.4 is 10.2 Å². The van der Waals surface area contributed by atoms with Gasteiger partial charge in [-0.1, -0.05) is 12.1 Å². The van der Waals surface area contributed by atoms with Crippen LogP contribution in [-0.4, -0.2) is 57.6 Å². The van der Waals surface area contributed by atoms with E-state index in [1.165, 1.54) is 5.69 Å². The summed E-state index contributed by atoms with van der Waals surface area (Å²) < 4.78 is 1.97. The molecule has 1 fully saturated rings. The van der Waals surface area contributed by atoms with Gasteiger partial charge in [-0.25, -0.2) is 9.97 Å². The summed E-state index contributed by atoms with van der Waals surface area (Å²) >= 11 is 0. The summed E-state index contributed by atoms with van der Waals surface area (Å²) in [5.74, 6) is 1.35. The fourth-order valence-electron chi connectivity index (χ4n) is 3.63. The Morgan fingerprint density at radius 2 is 1.66 bits per heavy atom. The van der Waals surface area contributed by atoms with Gasteiger partial charge in [0.25, 0.3) is 0 Å². The van der Waals surface area contributed by atoms with Gasteiger partial charge in [-0.2, -0.15) is 4.98 Å². The van der Waals surface area contributed by atoms with Crippen LogP contribution in [0.1, 0.15) is 0 Å². The Kier molecular flexibility index (Phi) is 4.57. The summed E-state index contributed by atoms with van der Waals surface area (Å²) in [5, 5.41) is 3.31. The third-order valence-corrected chi connectivity index (χ3v) is 5.33. The summed E-state index contributed by atoms with van der Waals surface area (Å²) in [6.07, 6.45) is 3.56. The van der Waals surface area contributed by atoms with Crippen molar-refractivity contribution in [2.45, 2.75) is 0 Å². The van der Waals surface area contributed by atoms with Crippen molar-refractivity contribution < 1.29 is 0 Å². The highest BCUT2D eigenvalue weighted by molar-refractivity contribution is 5.76. The predicted molar refractivity (Wildman–Crippen MR) is 116 cm³/mol. The van der Waals surface area contributed by atoms with E-state index >= 15 is 0 Å². The van der Waals surface area contributed by atoms with E-state index < -0.39 is 0 Å². The van der Waals surface area contributed by atoms with Crippen molar-refractivity contribution in [1.82, 2.24) is 24.4 Å². The molecule has 0 spiro atoms. The van der Waals surface area contributed by atoms with Gasteiger partial charge in [0.05, 0.1) is 11.0 Å². The summed E-state index contributed by atoms with van der Waals surface area (Å²) in [6, 6.07) is 18.4. The van der Waals surface area contributed by atoms with Crippen molar-refractivity contribution in [3.05, 3.63) is 67.1 Å². The van der Waals surface area contributed by atoms with Gasteiger partial charge in [-0.05, 0) is 49.5 Å². The third-order valence-electron chi connectivity index (χ3n) is 5.33. The largest absolute Gasteiger partial charge is 0.369 e. The van der Waals surface area contributed by atoms with Crippen molar-refractivity contribution in [3.8, 4) is 5.82 Å². The number of piperazine rings is 1. The molecular formula is C22H23N7. The number of fused-ring (bicyclic) bond motifs is 1. The van der Waals surface area contributed by atoms with Gasteiger partial charge in [-0.3, -0.25) is 4.57 Å². The van der Waals surface area contributed by atoms with E-state index in [0.717, 1.165) is 48.7 Å². The van der Waals surface area contributed by atoms with Crippen LogP contribution in [0.3, 0.4) is 0 Å². The maximum Gasteiger partial charge on any atom is 0.229 e. The molecule has 146 valence electrons. The van der Waals surface area contributed by atoms with Crippen LogP contribution in [0.4, 0.5) is 17.3 Å². The number of likely N-dealkylation sites (N-methyl/N-ethyl adjacent to an activating group) is 1. The minimum atomic E-state index is 0.563. The molecule has 2 aromatic carbocycles. The van der Waals surface area contributed by atoms with Gasteiger partial charge in [0.15, 0.2) is 0 Å². The zero-order valence-corrected chi connectivity index (χ0v) is 16.4. The van der Waals surface area contributed by atoms with Gasteiger partial charge in [0.1, 0.15) is 12.1 Å². The van der Waals surface area contributed by atoms with E-state index in [1.54, 1.807) is 12.5 Å². The van der Waals surface area contributed by atoms with Crippen molar-refractivity contribution in [1.29, 1.82) is 0 Å². The standard InChI is InChI=1S/C22H23N7/c1-27-12-14-28(15-13-27)18-8-6-17(7-9-18)25-22-23-11-10-21(26-22)29-16-24-19-4-2-3-5-20(19)29/h2-11,16H,12-15H2,1H3,(H,23,25,26). The quantitative estimate of drug-likeness (QED) is 0.582. The lowest BCUT2D eigenvalue weighted by Crippen LogP contribution is -2.44. The first-order valence-corrected chi connectivity index (χ1v) is 9.82. The smallest absolute Gasteiger partial charge is 0.229 e. The minimum Gasteiger partial charge on any atom is -0.369 e. The summed E-state index contributed by atoms with van der Waals surface area (Å²) in [6.45, 7) is 4.33. The number of benzene rings is 2. The molecule has 4 aromatic rings. The number of para-hydroxylation sites is 2. The molecule has 0 aliphatic carbocycles. The molecule has 1 aliphatic rings. The number of nitrogens with zero attached hydrogens (tertiary/aromatic N) is 6. The maximum atomic E-state index is 4.67. The lowest BCUT2D eigenvalue weighted by molar-refractivity contribution is 0.313. The second kappa shape index (κ2) is 7.52. The normalized spacial score (nSPS) is 15.0. The molecule has 5 rings (SSSR count). The molecule has 7 nitrogen and oxygen atoms in total. The van der Waals surface area contributed by atoms with Crippen LogP contribution in [0, 0.1) is 0 Å². The number of hydrogen-bond acceptors (Lipinski definition) is 6. The van der Waals surface area contributed by atoms with E-state index in [1.807, 2.05) is 34.9 Å². The van der Waals surface area contributed by atoms with E-state index in [4.69, 9.17) is 0 Å². The Morgan fingerprint density at radius 3 is 2.48 bits per heavy atom. The van der Waals surface area contributed by atoms with Crippen LogP contribution >= 0.6 is 0 Å².